The molecule has 1 atom stereocenters. The second-order valence-electron chi connectivity index (χ2n) is 4.20. The van der Waals surface area contributed by atoms with Crippen LogP contribution < -0.4 is 5.32 Å². The second kappa shape index (κ2) is 9.01. The summed E-state index contributed by atoms with van der Waals surface area (Å²) >= 11 is 0. The van der Waals surface area contributed by atoms with Crippen LogP contribution in [0.15, 0.2) is 6.20 Å². The molecule has 0 saturated carbocycles. The van der Waals surface area contributed by atoms with Crippen LogP contribution in [0.3, 0.4) is 0 Å². The van der Waals surface area contributed by atoms with Crippen molar-refractivity contribution in [2.75, 3.05) is 19.8 Å². The zero-order chi connectivity index (χ0) is 14.1. The van der Waals surface area contributed by atoms with Crippen LogP contribution in [0.5, 0.6) is 0 Å². The normalized spacial score (nSPS) is 13.1. The summed E-state index contributed by atoms with van der Waals surface area (Å²) in [6.07, 6.45) is 2.49. The van der Waals surface area contributed by atoms with Crippen LogP contribution in [0.2, 0.25) is 0 Å². The van der Waals surface area contributed by atoms with Crippen molar-refractivity contribution in [1.29, 1.82) is 0 Å². The molecule has 1 aromatic heterocycles. The highest BCUT2D eigenvalue weighted by Gasteiger charge is 2.26. The molecule has 0 radical (unpaired) electrons. The van der Waals surface area contributed by atoms with E-state index in [0.29, 0.717) is 13.2 Å². The van der Waals surface area contributed by atoms with Gasteiger partial charge >= 0.3 is 0 Å². The first-order valence-electron chi connectivity index (χ1n) is 7.13. The molecule has 1 aromatic rings. The number of likely N-dealkylation sites (N-methyl/N-ethyl adjacent to an activating group) is 1. The van der Waals surface area contributed by atoms with Crippen molar-refractivity contribution in [2.24, 2.45) is 0 Å². The van der Waals surface area contributed by atoms with Gasteiger partial charge in [-0.3, -0.25) is 0 Å². The zero-order valence-electron chi connectivity index (χ0n) is 12.4. The summed E-state index contributed by atoms with van der Waals surface area (Å²) in [4.78, 5) is 0. The number of hydrogen-bond acceptors (Lipinski definition) is 5. The first-order chi connectivity index (χ1) is 9.28. The minimum Gasteiger partial charge on any atom is -0.351 e. The molecule has 0 spiro atoms. The molecule has 0 bridgehead atoms. The summed E-state index contributed by atoms with van der Waals surface area (Å²) < 4.78 is 13.3. The fourth-order valence-electron chi connectivity index (χ4n) is 2.02. The number of nitrogens with zero attached hydrogens (tertiary/aromatic N) is 3. The fourth-order valence-corrected chi connectivity index (χ4v) is 2.02. The molecule has 0 aliphatic rings. The largest absolute Gasteiger partial charge is 0.351 e. The van der Waals surface area contributed by atoms with Gasteiger partial charge in [0.15, 0.2) is 6.29 Å². The van der Waals surface area contributed by atoms with Gasteiger partial charge in [0.05, 0.1) is 11.9 Å². The molecule has 0 amide bonds. The van der Waals surface area contributed by atoms with Crippen molar-refractivity contribution in [3.05, 3.63) is 11.9 Å². The van der Waals surface area contributed by atoms with Crippen LogP contribution in [0.1, 0.15) is 45.9 Å². The van der Waals surface area contributed by atoms with Gasteiger partial charge in [0, 0.05) is 19.8 Å². The number of hydrogen-bond donors (Lipinski definition) is 1. The molecule has 110 valence electrons. The molecule has 19 heavy (non-hydrogen) atoms. The summed E-state index contributed by atoms with van der Waals surface area (Å²) in [6, 6.07) is -0.0496. The van der Waals surface area contributed by atoms with Crippen molar-refractivity contribution in [1.82, 2.24) is 20.3 Å². The van der Waals surface area contributed by atoms with Gasteiger partial charge in [0.25, 0.3) is 0 Å². The van der Waals surface area contributed by atoms with Crippen molar-refractivity contribution in [3.63, 3.8) is 0 Å². The molecule has 0 fully saturated rings. The summed E-state index contributed by atoms with van der Waals surface area (Å²) in [5.41, 5.74) is 1.01. The quantitative estimate of drug-likeness (QED) is 0.656. The number of aromatic nitrogens is 3. The van der Waals surface area contributed by atoms with Gasteiger partial charge in [-0.25, -0.2) is 4.68 Å². The van der Waals surface area contributed by atoms with E-state index in [1.165, 1.54) is 0 Å². The monoisotopic (exact) mass is 270 g/mol. The van der Waals surface area contributed by atoms with Crippen LogP contribution in [-0.2, 0) is 16.0 Å². The second-order valence-corrected chi connectivity index (χ2v) is 4.20. The van der Waals surface area contributed by atoms with Crippen LogP contribution in [0.4, 0.5) is 0 Å². The third kappa shape index (κ3) is 4.56. The SMILES string of the molecule is CCCn1nncc1C(NCC)C(OCC)OCC. The molecule has 1 heterocycles. The summed E-state index contributed by atoms with van der Waals surface area (Å²) in [5, 5.41) is 11.5. The molecule has 6 heteroatoms. The first kappa shape index (κ1) is 16.1. The van der Waals surface area contributed by atoms with Gasteiger partial charge in [0.1, 0.15) is 6.04 Å². The number of ether oxygens (including phenoxy) is 2. The zero-order valence-corrected chi connectivity index (χ0v) is 12.4. The summed E-state index contributed by atoms with van der Waals surface area (Å²) in [7, 11) is 0. The molecule has 1 unspecified atom stereocenters. The van der Waals surface area contributed by atoms with Gasteiger partial charge in [-0.1, -0.05) is 19.1 Å². The molecular formula is C13H26N4O2. The molecule has 0 aliphatic carbocycles. The average Bonchev–Trinajstić information content (AvgIpc) is 2.84. The van der Waals surface area contributed by atoms with Crippen LogP contribution in [-0.4, -0.2) is 41.0 Å². The highest BCUT2D eigenvalue weighted by Crippen LogP contribution is 2.20. The summed E-state index contributed by atoms with van der Waals surface area (Å²) in [6.45, 7) is 11.0. The standard InChI is InChI=1S/C13H26N4O2/c1-5-9-17-11(10-15-16-17)12(14-6-2)13(18-7-3)19-8-4/h10,12-14H,5-9H2,1-4H3. The molecular weight excluding hydrogens is 244 g/mol. The molecule has 1 N–H and O–H groups in total. The van der Waals surface area contributed by atoms with E-state index in [-0.39, 0.29) is 12.3 Å². The lowest BCUT2D eigenvalue weighted by molar-refractivity contribution is -0.156. The Morgan fingerprint density at radius 3 is 2.42 bits per heavy atom. The van der Waals surface area contributed by atoms with Gasteiger partial charge in [-0.2, -0.15) is 0 Å². The minimum atomic E-state index is -0.316. The van der Waals surface area contributed by atoms with Gasteiger partial charge in [-0.05, 0) is 26.8 Å². The molecule has 0 aromatic carbocycles. The highest BCUT2D eigenvalue weighted by molar-refractivity contribution is 5.04. The Balaban J connectivity index is 2.92. The van der Waals surface area contributed by atoms with E-state index in [0.717, 1.165) is 25.2 Å². The molecule has 0 saturated heterocycles. The Hall–Kier alpha value is -0.980. The average molecular weight is 270 g/mol. The lowest BCUT2D eigenvalue weighted by Crippen LogP contribution is -2.37. The van der Waals surface area contributed by atoms with Gasteiger partial charge in [0.2, 0.25) is 0 Å². The fraction of sp³-hybridized carbons (Fsp3) is 0.846. The van der Waals surface area contributed by atoms with Gasteiger partial charge in [-0.15, -0.1) is 5.10 Å². The van der Waals surface area contributed by atoms with Crippen molar-refractivity contribution in [3.8, 4) is 0 Å². The van der Waals surface area contributed by atoms with Crippen LogP contribution in [0.25, 0.3) is 0 Å². The van der Waals surface area contributed by atoms with E-state index < -0.39 is 0 Å². The lowest BCUT2D eigenvalue weighted by atomic mass is 10.2. The van der Waals surface area contributed by atoms with E-state index in [4.69, 9.17) is 9.47 Å². The van der Waals surface area contributed by atoms with E-state index >= 15 is 0 Å². The van der Waals surface area contributed by atoms with E-state index in [9.17, 15) is 0 Å². The maximum atomic E-state index is 5.70. The van der Waals surface area contributed by atoms with Crippen molar-refractivity contribution in [2.45, 2.75) is 53.0 Å². The van der Waals surface area contributed by atoms with Crippen molar-refractivity contribution >= 4 is 0 Å². The molecule has 0 aliphatic heterocycles. The third-order valence-corrected chi connectivity index (χ3v) is 2.76. The number of aryl methyl sites for hydroxylation is 1. The smallest absolute Gasteiger partial charge is 0.178 e. The number of nitrogens with one attached hydrogen (secondary N) is 1. The van der Waals surface area contributed by atoms with Gasteiger partial charge < -0.3 is 14.8 Å². The Kier molecular flexibility index (Phi) is 7.62. The topological polar surface area (TPSA) is 61.2 Å². The molecule has 1 rings (SSSR count). The first-order valence-corrected chi connectivity index (χ1v) is 7.13. The maximum Gasteiger partial charge on any atom is 0.178 e. The highest BCUT2D eigenvalue weighted by atomic mass is 16.7. The predicted octanol–water partition coefficient (Wildman–Crippen LogP) is 1.74. The minimum absolute atomic E-state index is 0.0496. The Morgan fingerprint density at radius 2 is 1.89 bits per heavy atom. The van der Waals surface area contributed by atoms with E-state index in [1.54, 1.807) is 6.20 Å². The molecule has 6 nitrogen and oxygen atoms in total. The third-order valence-electron chi connectivity index (χ3n) is 2.76. The number of rotatable bonds is 10. The van der Waals surface area contributed by atoms with Crippen molar-refractivity contribution < 1.29 is 9.47 Å². The lowest BCUT2D eigenvalue weighted by Gasteiger charge is -2.27. The Labute approximate surface area is 115 Å². The Bertz CT molecular complexity index is 337. The Morgan fingerprint density at radius 1 is 1.21 bits per heavy atom. The summed E-state index contributed by atoms with van der Waals surface area (Å²) in [5.74, 6) is 0. The predicted molar refractivity (Wildman–Crippen MR) is 73.8 cm³/mol. The van der Waals surface area contributed by atoms with E-state index in [2.05, 4.69) is 29.5 Å². The van der Waals surface area contributed by atoms with E-state index in [1.807, 2.05) is 18.5 Å². The van der Waals surface area contributed by atoms with Crippen LogP contribution in [0, 0.1) is 0 Å². The van der Waals surface area contributed by atoms with Crippen LogP contribution >= 0.6 is 0 Å². The maximum absolute atomic E-state index is 5.70.